The van der Waals surface area contributed by atoms with Crippen molar-refractivity contribution in [2.45, 2.75) is 25.7 Å². The SMILES string of the molecule is Cc1ccc(C(=O)[O-])cc1NS(=O)(=O)c1cc(C(=O)[O-])cc(C)c1C. The lowest BCUT2D eigenvalue weighted by Gasteiger charge is -2.16. The number of nitrogens with one attached hydrogen (secondary N) is 1. The van der Waals surface area contributed by atoms with Gasteiger partial charge in [-0.25, -0.2) is 8.42 Å². The standard InChI is InChI=1S/C17H17NO6S/c1-9-4-5-12(16(19)20)7-14(9)18-25(23,24)15-8-13(17(21)22)6-10(2)11(15)3/h4-8,18H,1-3H3,(H,19,20)(H,21,22)/p-2. The molecular weight excluding hydrogens is 346 g/mol. The molecule has 0 bridgehead atoms. The molecule has 0 aliphatic carbocycles. The first kappa shape index (κ1) is 18.5. The van der Waals surface area contributed by atoms with Crippen LogP contribution >= 0.6 is 0 Å². The van der Waals surface area contributed by atoms with Crippen molar-refractivity contribution < 1.29 is 28.2 Å². The van der Waals surface area contributed by atoms with Gasteiger partial charge in [-0.15, -0.1) is 0 Å². The van der Waals surface area contributed by atoms with Crippen LogP contribution in [-0.2, 0) is 10.0 Å². The van der Waals surface area contributed by atoms with Gasteiger partial charge in [-0.2, -0.15) is 0 Å². The Labute approximate surface area is 145 Å². The lowest BCUT2D eigenvalue weighted by Crippen LogP contribution is -2.24. The second-order valence-corrected chi connectivity index (χ2v) is 7.28. The molecule has 0 amide bonds. The minimum Gasteiger partial charge on any atom is -0.545 e. The van der Waals surface area contributed by atoms with E-state index >= 15 is 0 Å². The van der Waals surface area contributed by atoms with Crippen LogP contribution < -0.4 is 14.9 Å². The highest BCUT2D eigenvalue weighted by Crippen LogP contribution is 2.25. The van der Waals surface area contributed by atoms with Crippen molar-refractivity contribution in [1.82, 2.24) is 0 Å². The first-order chi connectivity index (χ1) is 11.5. The van der Waals surface area contributed by atoms with Gasteiger partial charge >= 0.3 is 0 Å². The van der Waals surface area contributed by atoms with Crippen molar-refractivity contribution in [2.24, 2.45) is 0 Å². The quantitative estimate of drug-likeness (QED) is 0.807. The Hall–Kier alpha value is -2.87. The van der Waals surface area contributed by atoms with Gasteiger partial charge in [0.15, 0.2) is 0 Å². The van der Waals surface area contributed by atoms with E-state index in [0.29, 0.717) is 16.7 Å². The van der Waals surface area contributed by atoms with Crippen LogP contribution in [0.4, 0.5) is 5.69 Å². The van der Waals surface area contributed by atoms with Gasteiger partial charge in [-0.1, -0.05) is 12.1 Å². The molecule has 0 fully saturated rings. The molecule has 132 valence electrons. The Kier molecular flexibility index (Phi) is 4.85. The summed E-state index contributed by atoms with van der Waals surface area (Å²) in [4.78, 5) is 21.8. The molecule has 7 nitrogen and oxygen atoms in total. The zero-order valence-electron chi connectivity index (χ0n) is 13.7. The molecule has 2 aromatic carbocycles. The van der Waals surface area contributed by atoms with E-state index in [-0.39, 0.29) is 21.7 Å². The summed E-state index contributed by atoms with van der Waals surface area (Å²) in [6, 6.07) is 6.23. The topological polar surface area (TPSA) is 126 Å². The van der Waals surface area contributed by atoms with E-state index < -0.39 is 22.0 Å². The molecule has 8 heteroatoms. The fourth-order valence-corrected chi connectivity index (χ4v) is 3.75. The van der Waals surface area contributed by atoms with Gasteiger partial charge in [0, 0.05) is 0 Å². The van der Waals surface area contributed by atoms with Gasteiger partial charge in [0.25, 0.3) is 10.0 Å². The number of rotatable bonds is 5. The second-order valence-electron chi connectivity index (χ2n) is 5.63. The molecule has 0 saturated heterocycles. The highest BCUT2D eigenvalue weighted by molar-refractivity contribution is 7.92. The van der Waals surface area contributed by atoms with Gasteiger partial charge in [0.1, 0.15) is 0 Å². The van der Waals surface area contributed by atoms with E-state index in [4.69, 9.17) is 0 Å². The number of hydrogen-bond donors (Lipinski definition) is 1. The summed E-state index contributed by atoms with van der Waals surface area (Å²) < 4.78 is 27.7. The molecule has 2 aromatic rings. The second kappa shape index (κ2) is 6.56. The number of aromatic carboxylic acids is 2. The number of carboxylic acid groups (broad SMARTS) is 2. The van der Waals surface area contributed by atoms with Crippen LogP contribution in [0.5, 0.6) is 0 Å². The van der Waals surface area contributed by atoms with Crippen molar-refractivity contribution in [3.63, 3.8) is 0 Å². The van der Waals surface area contributed by atoms with E-state index in [2.05, 4.69) is 4.72 Å². The molecule has 0 atom stereocenters. The molecule has 1 N–H and O–H groups in total. The number of hydrogen-bond acceptors (Lipinski definition) is 6. The maximum atomic E-state index is 12.7. The van der Waals surface area contributed by atoms with Crippen molar-refractivity contribution >= 4 is 27.6 Å². The highest BCUT2D eigenvalue weighted by Gasteiger charge is 2.20. The van der Waals surface area contributed by atoms with Crippen molar-refractivity contribution in [3.05, 3.63) is 58.1 Å². The van der Waals surface area contributed by atoms with Crippen LogP contribution in [-0.4, -0.2) is 20.4 Å². The first-order valence-corrected chi connectivity index (χ1v) is 8.68. The lowest BCUT2D eigenvalue weighted by atomic mass is 10.1. The average Bonchev–Trinajstić information content (AvgIpc) is 2.51. The van der Waals surface area contributed by atoms with Gasteiger partial charge in [0.05, 0.1) is 22.5 Å². The van der Waals surface area contributed by atoms with Crippen molar-refractivity contribution in [3.8, 4) is 0 Å². The molecule has 0 aromatic heterocycles. The molecule has 0 aliphatic rings. The summed E-state index contributed by atoms with van der Waals surface area (Å²) in [6.07, 6.45) is 0. The molecule has 0 saturated carbocycles. The van der Waals surface area contributed by atoms with Crippen molar-refractivity contribution in [2.75, 3.05) is 4.72 Å². The van der Waals surface area contributed by atoms with Crippen molar-refractivity contribution in [1.29, 1.82) is 0 Å². The Morgan fingerprint density at radius 2 is 1.48 bits per heavy atom. The van der Waals surface area contributed by atoms with E-state index in [1.54, 1.807) is 20.8 Å². The van der Waals surface area contributed by atoms with Gasteiger partial charge in [0.2, 0.25) is 0 Å². The zero-order chi connectivity index (χ0) is 18.9. The van der Waals surface area contributed by atoms with Gasteiger partial charge < -0.3 is 19.8 Å². The highest BCUT2D eigenvalue weighted by atomic mass is 32.2. The summed E-state index contributed by atoms with van der Waals surface area (Å²) in [5, 5.41) is 22.0. The zero-order valence-corrected chi connectivity index (χ0v) is 14.6. The van der Waals surface area contributed by atoms with E-state index in [1.807, 2.05) is 0 Å². The number of carboxylic acids is 2. The third-order valence-corrected chi connectivity index (χ3v) is 5.35. The average molecular weight is 361 g/mol. The summed E-state index contributed by atoms with van der Waals surface area (Å²) in [6.45, 7) is 4.74. The number of sulfonamides is 1. The molecule has 25 heavy (non-hydrogen) atoms. The summed E-state index contributed by atoms with van der Waals surface area (Å²) in [5.74, 6) is -2.93. The predicted molar refractivity (Wildman–Crippen MR) is 86.6 cm³/mol. The van der Waals surface area contributed by atoms with Crippen LogP contribution in [0.25, 0.3) is 0 Å². The Morgan fingerprint density at radius 3 is 2.04 bits per heavy atom. The summed E-state index contributed by atoms with van der Waals surface area (Å²) in [5.41, 5.74) is 0.980. The first-order valence-electron chi connectivity index (χ1n) is 7.20. The largest absolute Gasteiger partial charge is 0.545 e. The van der Waals surface area contributed by atoms with Crippen LogP contribution in [0.2, 0.25) is 0 Å². The normalized spacial score (nSPS) is 11.2. The molecule has 0 spiro atoms. The van der Waals surface area contributed by atoms with E-state index in [0.717, 1.165) is 12.1 Å². The molecular formula is C17H15NO6S-2. The molecule has 2 rings (SSSR count). The molecule has 0 radical (unpaired) electrons. The maximum absolute atomic E-state index is 12.7. The predicted octanol–water partition coefficient (Wildman–Crippen LogP) is 0.140. The third kappa shape index (κ3) is 3.80. The number of benzene rings is 2. The molecule has 0 heterocycles. The fourth-order valence-electron chi connectivity index (χ4n) is 2.28. The maximum Gasteiger partial charge on any atom is 0.262 e. The number of aryl methyl sites for hydroxylation is 2. The summed E-state index contributed by atoms with van der Waals surface area (Å²) >= 11 is 0. The Balaban J connectivity index is 2.56. The minimum atomic E-state index is -4.14. The molecule has 0 unspecified atom stereocenters. The Bertz CT molecular complexity index is 979. The monoisotopic (exact) mass is 361 g/mol. The van der Waals surface area contributed by atoms with Gasteiger partial charge in [-0.05, 0) is 66.8 Å². The smallest absolute Gasteiger partial charge is 0.262 e. The van der Waals surface area contributed by atoms with Crippen LogP contribution in [0, 0.1) is 20.8 Å². The van der Waals surface area contributed by atoms with Gasteiger partial charge in [-0.3, -0.25) is 4.72 Å². The third-order valence-electron chi connectivity index (χ3n) is 3.86. The van der Waals surface area contributed by atoms with E-state index in [1.165, 1.54) is 18.2 Å². The summed E-state index contributed by atoms with van der Waals surface area (Å²) in [7, 11) is -4.14. The van der Waals surface area contributed by atoms with Crippen LogP contribution in [0.3, 0.4) is 0 Å². The van der Waals surface area contributed by atoms with E-state index in [9.17, 15) is 28.2 Å². The molecule has 0 aliphatic heterocycles. The number of carbonyl (C=O) groups excluding carboxylic acids is 2. The number of carbonyl (C=O) groups is 2. The Morgan fingerprint density at radius 1 is 0.880 bits per heavy atom. The number of anilines is 1. The van der Waals surface area contributed by atoms with Crippen LogP contribution in [0.1, 0.15) is 37.4 Å². The minimum absolute atomic E-state index is 0.0672. The fraction of sp³-hybridized carbons (Fsp3) is 0.176. The van der Waals surface area contributed by atoms with Crippen LogP contribution in [0.15, 0.2) is 35.2 Å². The lowest BCUT2D eigenvalue weighted by molar-refractivity contribution is -0.256.